The zero-order valence-corrected chi connectivity index (χ0v) is 22.0. The van der Waals surface area contributed by atoms with E-state index in [0.29, 0.717) is 16.8 Å². The average Bonchev–Trinajstić information content (AvgIpc) is 3.38. The number of benzene rings is 1. The van der Waals surface area contributed by atoms with E-state index in [1.807, 2.05) is 30.5 Å². The molecule has 1 aliphatic heterocycles. The lowest BCUT2D eigenvalue weighted by Gasteiger charge is -2.27. The zero-order valence-electron chi connectivity index (χ0n) is 21.1. The number of hydrogen-bond acceptors (Lipinski definition) is 6. The number of nitrogens with one attached hydrogen (secondary N) is 1. The predicted molar refractivity (Wildman–Crippen MR) is 141 cm³/mol. The Hall–Kier alpha value is -3.98. The van der Waals surface area contributed by atoms with Crippen LogP contribution < -0.4 is 10.2 Å². The summed E-state index contributed by atoms with van der Waals surface area (Å²) in [5.74, 6) is -1.79. The minimum atomic E-state index is -0.779. The van der Waals surface area contributed by atoms with Crippen LogP contribution in [-0.2, 0) is 27.2 Å². The number of thiophene rings is 1. The molecule has 3 aromatic rings. The smallest absolute Gasteiger partial charge is 0.341 e. The van der Waals surface area contributed by atoms with Crippen molar-refractivity contribution in [2.75, 3.05) is 12.0 Å². The van der Waals surface area contributed by atoms with Crippen LogP contribution in [0.4, 0.5) is 10.5 Å². The molecule has 0 bridgehead atoms. The van der Waals surface area contributed by atoms with Crippen molar-refractivity contribution in [1.82, 2.24) is 9.88 Å². The number of methoxy groups -OCH3 is 1. The topological polar surface area (TPSA) is 97.7 Å². The molecule has 0 unspecified atom stereocenters. The molecule has 3 heterocycles. The van der Waals surface area contributed by atoms with Crippen LogP contribution in [0.5, 0.6) is 0 Å². The second-order valence-electron chi connectivity index (χ2n) is 9.29. The number of hydrogen-bond donors (Lipinski definition) is 1. The van der Waals surface area contributed by atoms with Crippen molar-refractivity contribution in [1.29, 1.82) is 0 Å². The predicted octanol–water partition coefficient (Wildman–Crippen LogP) is 4.80. The Kier molecular flexibility index (Phi) is 6.33. The highest BCUT2D eigenvalue weighted by atomic mass is 32.1. The van der Waals surface area contributed by atoms with Gasteiger partial charge in [-0.2, -0.15) is 0 Å². The monoisotopic (exact) mass is 517 g/mol. The SMILES string of the molecule is COC(=O)c1c(-n2c(C)cc(/C=C3\C(=O)NC(=O)N(c4ccccc4C)C3=O)c2C)sc2c1CCCC2. The van der Waals surface area contributed by atoms with Gasteiger partial charge in [0.2, 0.25) is 0 Å². The summed E-state index contributed by atoms with van der Waals surface area (Å²) >= 11 is 1.59. The largest absolute Gasteiger partial charge is 0.465 e. The summed E-state index contributed by atoms with van der Waals surface area (Å²) < 4.78 is 7.12. The first-order valence-electron chi connectivity index (χ1n) is 12.1. The number of imide groups is 2. The van der Waals surface area contributed by atoms with Gasteiger partial charge in [-0.15, -0.1) is 11.3 Å². The molecule has 0 radical (unpaired) electrons. The van der Waals surface area contributed by atoms with Crippen LogP contribution in [0, 0.1) is 20.8 Å². The molecule has 8 nitrogen and oxygen atoms in total. The maximum absolute atomic E-state index is 13.4. The first-order chi connectivity index (χ1) is 17.7. The minimum absolute atomic E-state index is 0.137. The van der Waals surface area contributed by atoms with Gasteiger partial charge in [0.05, 0.1) is 18.4 Å². The number of carbonyl (C=O) groups excluding carboxylic acids is 4. The summed E-state index contributed by atoms with van der Waals surface area (Å²) in [4.78, 5) is 53.8. The molecule has 1 fully saturated rings. The first kappa shape index (κ1) is 24.7. The number of fused-ring (bicyclic) bond motifs is 1. The molecule has 5 rings (SSSR count). The lowest BCUT2D eigenvalue weighted by Crippen LogP contribution is -2.54. The van der Waals surface area contributed by atoms with Gasteiger partial charge in [0.1, 0.15) is 10.6 Å². The Balaban J connectivity index is 1.60. The Morgan fingerprint density at radius 2 is 1.81 bits per heavy atom. The van der Waals surface area contributed by atoms with E-state index < -0.39 is 17.8 Å². The first-order valence-corrected chi connectivity index (χ1v) is 12.9. The highest BCUT2D eigenvalue weighted by molar-refractivity contribution is 7.15. The maximum Gasteiger partial charge on any atom is 0.341 e. The van der Waals surface area contributed by atoms with Crippen LogP contribution in [0.25, 0.3) is 11.1 Å². The third kappa shape index (κ3) is 4.09. The molecule has 9 heteroatoms. The van der Waals surface area contributed by atoms with Gasteiger partial charge in [-0.1, -0.05) is 18.2 Å². The lowest BCUT2D eigenvalue weighted by molar-refractivity contribution is -0.122. The van der Waals surface area contributed by atoms with Crippen LogP contribution >= 0.6 is 11.3 Å². The number of amides is 4. The second kappa shape index (κ2) is 9.48. The molecule has 1 N–H and O–H groups in total. The standard InChI is InChI=1S/C28H27N3O5S/c1-15-9-5-7-11-21(15)31-25(33)20(24(32)29-28(31)35)14-18-13-16(2)30(17(18)3)26-23(27(34)36-4)19-10-6-8-12-22(19)37-26/h5,7,9,11,13-14H,6,8,10,12H2,1-4H3,(H,29,32,35)/b20-14+. The van der Waals surface area contributed by atoms with E-state index in [2.05, 4.69) is 5.32 Å². The molecule has 1 aromatic carbocycles. The minimum Gasteiger partial charge on any atom is -0.465 e. The zero-order chi connectivity index (χ0) is 26.4. The number of ether oxygens (including phenoxy) is 1. The normalized spacial score (nSPS) is 16.7. The van der Waals surface area contributed by atoms with Crippen LogP contribution in [0.1, 0.15) is 56.2 Å². The molecule has 2 aliphatic rings. The Bertz CT molecular complexity index is 1510. The molecule has 2 aromatic heterocycles. The number of para-hydroxylation sites is 1. The molecule has 0 saturated carbocycles. The molecular formula is C28H27N3O5S. The van der Waals surface area contributed by atoms with Crippen molar-refractivity contribution >= 4 is 46.9 Å². The van der Waals surface area contributed by atoms with E-state index in [4.69, 9.17) is 4.74 Å². The summed E-state index contributed by atoms with van der Waals surface area (Å²) in [5.41, 5.74) is 4.93. The van der Waals surface area contributed by atoms with Crippen molar-refractivity contribution < 1.29 is 23.9 Å². The fourth-order valence-electron chi connectivity index (χ4n) is 5.11. The van der Waals surface area contributed by atoms with Crippen molar-refractivity contribution in [3.63, 3.8) is 0 Å². The van der Waals surface area contributed by atoms with E-state index >= 15 is 0 Å². The molecule has 190 valence electrons. The van der Waals surface area contributed by atoms with Crippen LogP contribution in [0.15, 0.2) is 35.9 Å². The molecule has 37 heavy (non-hydrogen) atoms. The number of aryl methyl sites for hydroxylation is 3. The molecule has 0 spiro atoms. The number of barbiturate groups is 1. The summed E-state index contributed by atoms with van der Waals surface area (Å²) in [6.07, 6.45) is 5.39. The molecule has 1 aliphatic carbocycles. The molecule has 1 saturated heterocycles. The fraction of sp³-hybridized carbons (Fsp3) is 0.286. The number of anilines is 1. The Labute approximate surface area is 218 Å². The summed E-state index contributed by atoms with van der Waals surface area (Å²) in [5, 5.41) is 3.07. The Morgan fingerprint density at radius 1 is 1.08 bits per heavy atom. The summed E-state index contributed by atoms with van der Waals surface area (Å²) in [6.45, 7) is 5.60. The van der Waals surface area contributed by atoms with Crippen molar-refractivity contribution in [3.05, 3.63) is 74.4 Å². The van der Waals surface area contributed by atoms with Gasteiger partial charge in [0.15, 0.2) is 0 Å². The summed E-state index contributed by atoms with van der Waals surface area (Å²) in [6, 6.07) is 8.10. The third-order valence-corrected chi connectivity index (χ3v) is 8.25. The van der Waals surface area contributed by atoms with Crippen molar-refractivity contribution in [2.24, 2.45) is 0 Å². The van der Waals surface area contributed by atoms with Gasteiger partial charge in [-0.3, -0.25) is 14.9 Å². The van der Waals surface area contributed by atoms with E-state index in [1.165, 1.54) is 18.1 Å². The van der Waals surface area contributed by atoms with Gasteiger partial charge in [0.25, 0.3) is 11.8 Å². The van der Waals surface area contributed by atoms with Gasteiger partial charge in [-0.25, -0.2) is 14.5 Å². The van der Waals surface area contributed by atoms with Gasteiger partial charge in [0, 0.05) is 16.3 Å². The van der Waals surface area contributed by atoms with Gasteiger partial charge in [-0.05, 0) is 81.4 Å². The number of carbonyl (C=O) groups is 4. The number of aromatic nitrogens is 1. The number of nitrogens with zero attached hydrogens (tertiary/aromatic N) is 2. The maximum atomic E-state index is 13.4. The molecule has 4 amide bonds. The quantitative estimate of drug-likeness (QED) is 0.305. The van der Waals surface area contributed by atoms with Gasteiger partial charge < -0.3 is 9.30 Å². The third-order valence-electron chi connectivity index (χ3n) is 6.97. The highest BCUT2D eigenvalue weighted by Crippen LogP contribution is 2.39. The fourth-order valence-corrected chi connectivity index (χ4v) is 6.60. The van der Waals surface area contributed by atoms with E-state index in [1.54, 1.807) is 36.5 Å². The highest BCUT2D eigenvalue weighted by Gasteiger charge is 2.37. The number of rotatable bonds is 4. The van der Waals surface area contributed by atoms with Gasteiger partial charge >= 0.3 is 12.0 Å². The van der Waals surface area contributed by atoms with E-state index in [0.717, 1.165) is 58.1 Å². The average molecular weight is 518 g/mol. The van der Waals surface area contributed by atoms with E-state index in [-0.39, 0.29) is 11.5 Å². The molecular weight excluding hydrogens is 490 g/mol. The Morgan fingerprint density at radius 3 is 2.54 bits per heavy atom. The number of urea groups is 1. The number of esters is 1. The van der Waals surface area contributed by atoms with Crippen molar-refractivity contribution in [2.45, 2.75) is 46.5 Å². The van der Waals surface area contributed by atoms with E-state index in [9.17, 15) is 19.2 Å². The second-order valence-corrected chi connectivity index (χ2v) is 10.4. The van der Waals surface area contributed by atoms with Crippen LogP contribution in [-0.4, -0.2) is 35.5 Å². The summed E-state index contributed by atoms with van der Waals surface area (Å²) in [7, 11) is 1.39. The van der Waals surface area contributed by atoms with Crippen LogP contribution in [0.3, 0.4) is 0 Å². The lowest BCUT2D eigenvalue weighted by atomic mass is 9.95. The molecule has 0 atom stereocenters. The van der Waals surface area contributed by atoms with Crippen LogP contribution in [0.2, 0.25) is 0 Å². The van der Waals surface area contributed by atoms with Crippen molar-refractivity contribution in [3.8, 4) is 5.00 Å².